The van der Waals surface area contributed by atoms with Crippen LogP contribution in [-0.4, -0.2) is 26.1 Å². The molecule has 0 saturated carbocycles. The van der Waals surface area contributed by atoms with Gasteiger partial charge in [0.2, 0.25) is 0 Å². The van der Waals surface area contributed by atoms with E-state index in [-0.39, 0.29) is 23.7 Å². The van der Waals surface area contributed by atoms with Crippen molar-refractivity contribution in [2.75, 3.05) is 11.9 Å². The Hall–Kier alpha value is -2.55. The van der Waals surface area contributed by atoms with E-state index in [4.69, 9.17) is 0 Å². The minimum Gasteiger partial charge on any atom is -0.382 e. The number of rotatable bonds is 5. The molecular weight excluding hydrogens is 359 g/mol. The highest BCUT2D eigenvalue weighted by molar-refractivity contribution is 5.85. The van der Waals surface area contributed by atoms with Gasteiger partial charge in [0.25, 0.3) is 0 Å². The highest BCUT2D eigenvalue weighted by Gasteiger charge is 2.32. The van der Waals surface area contributed by atoms with Gasteiger partial charge in [-0.2, -0.15) is 18.3 Å². The molecule has 134 valence electrons. The summed E-state index contributed by atoms with van der Waals surface area (Å²) in [5.41, 5.74) is -0.281. The second-order valence-electron chi connectivity index (χ2n) is 5.25. The van der Waals surface area contributed by atoms with Crippen LogP contribution in [0.15, 0.2) is 41.6 Å². The number of alkyl halides is 3. The quantitative estimate of drug-likeness (QED) is 0.674. The van der Waals surface area contributed by atoms with Gasteiger partial charge in [-0.3, -0.25) is 4.98 Å². The molecule has 0 radical (unpaired) electrons. The van der Waals surface area contributed by atoms with Crippen molar-refractivity contribution in [3.05, 3.63) is 58.4 Å². The van der Waals surface area contributed by atoms with Crippen LogP contribution in [-0.2, 0) is 12.6 Å². The standard InChI is InChI=1S/C15H14F3N5O.ClH/c16-15(17,18)11-7-12(13-21-22-14(24)23(13)9-11)20-6-2-4-10-3-1-5-19-8-10;/h1,3,5,7-9,20H,2,4,6H2,(H,22,24);1H. The Morgan fingerprint density at radius 2 is 2.12 bits per heavy atom. The van der Waals surface area contributed by atoms with Crippen molar-refractivity contribution in [2.24, 2.45) is 0 Å². The highest BCUT2D eigenvalue weighted by Crippen LogP contribution is 2.31. The van der Waals surface area contributed by atoms with Gasteiger partial charge in [0, 0.05) is 25.1 Å². The van der Waals surface area contributed by atoms with Crippen molar-refractivity contribution in [2.45, 2.75) is 19.0 Å². The number of aromatic amines is 1. The fraction of sp³-hybridized carbons (Fsp3) is 0.267. The predicted molar refractivity (Wildman–Crippen MR) is 89.1 cm³/mol. The molecule has 3 aromatic heterocycles. The van der Waals surface area contributed by atoms with E-state index in [1.807, 2.05) is 12.1 Å². The fourth-order valence-electron chi connectivity index (χ4n) is 2.36. The van der Waals surface area contributed by atoms with Gasteiger partial charge in [0.1, 0.15) is 0 Å². The minimum absolute atomic E-state index is 0. The van der Waals surface area contributed by atoms with Gasteiger partial charge in [-0.25, -0.2) is 14.3 Å². The van der Waals surface area contributed by atoms with Crippen molar-refractivity contribution in [3.8, 4) is 0 Å². The smallest absolute Gasteiger partial charge is 0.382 e. The monoisotopic (exact) mass is 373 g/mol. The number of aromatic nitrogens is 4. The molecule has 0 aliphatic heterocycles. The normalized spacial score (nSPS) is 11.3. The third-order valence-corrected chi connectivity index (χ3v) is 3.52. The van der Waals surface area contributed by atoms with Gasteiger partial charge >= 0.3 is 11.9 Å². The predicted octanol–water partition coefficient (Wildman–Crippen LogP) is 2.90. The van der Waals surface area contributed by atoms with E-state index < -0.39 is 17.4 Å². The molecular formula is C15H15ClF3N5O. The maximum Gasteiger partial charge on any atom is 0.417 e. The van der Waals surface area contributed by atoms with E-state index in [2.05, 4.69) is 20.5 Å². The molecule has 3 aromatic rings. The summed E-state index contributed by atoms with van der Waals surface area (Å²) < 4.78 is 39.7. The zero-order valence-electron chi connectivity index (χ0n) is 12.9. The number of pyridine rings is 2. The first-order valence-electron chi connectivity index (χ1n) is 7.26. The fourth-order valence-corrected chi connectivity index (χ4v) is 2.36. The zero-order chi connectivity index (χ0) is 17.2. The maximum absolute atomic E-state index is 13.0. The number of nitrogens with zero attached hydrogens (tertiary/aromatic N) is 3. The molecule has 0 bridgehead atoms. The number of hydrogen-bond donors (Lipinski definition) is 2. The molecule has 0 spiro atoms. The molecule has 3 heterocycles. The van der Waals surface area contributed by atoms with Gasteiger partial charge < -0.3 is 5.32 Å². The average molecular weight is 374 g/mol. The van der Waals surface area contributed by atoms with Crippen molar-refractivity contribution in [1.82, 2.24) is 19.6 Å². The summed E-state index contributed by atoms with van der Waals surface area (Å²) in [5, 5.41) is 8.84. The molecule has 10 heteroatoms. The van der Waals surface area contributed by atoms with Crippen LogP contribution in [0.3, 0.4) is 0 Å². The first kappa shape index (κ1) is 18.8. The Morgan fingerprint density at radius 1 is 1.32 bits per heavy atom. The van der Waals surface area contributed by atoms with Crippen LogP contribution in [0.25, 0.3) is 5.65 Å². The lowest BCUT2D eigenvalue weighted by Crippen LogP contribution is -2.15. The van der Waals surface area contributed by atoms with Crippen molar-refractivity contribution in [3.63, 3.8) is 0 Å². The van der Waals surface area contributed by atoms with Crippen molar-refractivity contribution in [1.29, 1.82) is 0 Å². The first-order chi connectivity index (χ1) is 11.4. The summed E-state index contributed by atoms with van der Waals surface area (Å²) in [5.74, 6) is 0. The maximum atomic E-state index is 13.0. The summed E-state index contributed by atoms with van der Waals surface area (Å²) in [6, 6.07) is 4.72. The number of halogens is 4. The molecule has 0 aliphatic rings. The topological polar surface area (TPSA) is 75.1 Å². The second-order valence-corrected chi connectivity index (χ2v) is 5.25. The summed E-state index contributed by atoms with van der Waals surface area (Å²) in [4.78, 5) is 15.6. The van der Waals surface area contributed by atoms with Crippen LogP contribution in [0.5, 0.6) is 0 Å². The number of H-pyrrole nitrogens is 1. The summed E-state index contributed by atoms with van der Waals surface area (Å²) in [6.07, 6.45) is 1.05. The van der Waals surface area contributed by atoms with Crippen LogP contribution < -0.4 is 11.0 Å². The average Bonchev–Trinajstić information content (AvgIpc) is 2.93. The highest BCUT2D eigenvalue weighted by atomic mass is 35.5. The summed E-state index contributed by atoms with van der Waals surface area (Å²) in [6.45, 7) is 0.437. The molecule has 6 nitrogen and oxygen atoms in total. The summed E-state index contributed by atoms with van der Waals surface area (Å²) >= 11 is 0. The molecule has 0 atom stereocenters. The second kappa shape index (κ2) is 7.56. The van der Waals surface area contributed by atoms with Crippen LogP contribution in [0.2, 0.25) is 0 Å². The van der Waals surface area contributed by atoms with Crippen molar-refractivity contribution < 1.29 is 13.2 Å². The Balaban J connectivity index is 0.00000225. The number of anilines is 1. The largest absolute Gasteiger partial charge is 0.417 e. The van der Waals surface area contributed by atoms with Gasteiger partial charge in [0.15, 0.2) is 5.65 Å². The number of fused-ring (bicyclic) bond motifs is 1. The molecule has 2 N–H and O–H groups in total. The van der Waals surface area contributed by atoms with Crippen LogP contribution in [0, 0.1) is 0 Å². The first-order valence-corrected chi connectivity index (χ1v) is 7.26. The lowest BCUT2D eigenvalue weighted by molar-refractivity contribution is -0.137. The number of nitrogens with one attached hydrogen (secondary N) is 2. The van der Waals surface area contributed by atoms with E-state index in [1.165, 1.54) is 0 Å². The molecule has 0 aromatic carbocycles. The molecule has 0 unspecified atom stereocenters. The van der Waals surface area contributed by atoms with E-state index in [0.29, 0.717) is 13.0 Å². The Kier molecular flexibility index (Phi) is 5.68. The van der Waals surface area contributed by atoms with Crippen LogP contribution in [0.4, 0.5) is 18.9 Å². The molecule has 25 heavy (non-hydrogen) atoms. The third kappa shape index (κ3) is 4.30. The van der Waals surface area contributed by atoms with Crippen LogP contribution in [0.1, 0.15) is 17.5 Å². The molecule has 3 rings (SSSR count). The van der Waals surface area contributed by atoms with E-state index >= 15 is 0 Å². The van der Waals surface area contributed by atoms with Gasteiger partial charge in [-0.15, -0.1) is 12.4 Å². The summed E-state index contributed by atoms with van der Waals surface area (Å²) in [7, 11) is 0. The van der Waals surface area contributed by atoms with E-state index in [1.54, 1.807) is 12.4 Å². The lowest BCUT2D eigenvalue weighted by Gasteiger charge is -2.12. The van der Waals surface area contributed by atoms with Crippen molar-refractivity contribution >= 4 is 23.7 Å². The zero-order valence-corrected chi connectivity index (χ0v) is 13.7. The molecule has 0 saturated heterocycles. The van der Waals surface area contributed by atoms with Gasteiger partial charge in [0.05, 0.1) is 11.3 Å². The Morgan fingerprint density at radius 3 is 2.80 bits per heavy atom. The van der Waals surface area contributed by atoms with Gasteiger partial charge in [-0.1, -0.05) is 6.07 Å². The molecule has 0 aliphatic carbocycles. The lowest BCUT2D eigenvalue weighted by atomic mass is 10.1. The minimum atomic E-state index is -4.54. The Bertz CT molecular complexity index is 892. The van der Waals surface area contributed by atoms with E-state index in [9.17, 15) is 18.0 Å². The number of hydrogen-bond acceptors (Lipinski definition) is 4. The van der Waals surface area contributed by atoms with Crippen LogP contribution >= 0.6 is 12.4 Å². The molecule has 0 amide bonds. The van der Waals surface area contributed by atoms with Gasteiger partial charge in [-0.05, 0) is 30.5 Å². The van der Waals surface area contributed by atoms with E-state index in [0.717, 1.165) is 28.6 Å². The third-order valence-electron chi connectivity index (χ3n) is 3.52. The Labute approximate surface area is 146 Å². The number of aryl methyl sites for hydroxylation is 1. The molecule has 0 fully saturated rings. The SMILES string of the molecule is Cl.O=c1[nH]nc2c(NCCCc3cccnc3)cc(C(F)(F)F)cn12.